The second kappa shape index (κ2) is 13.4. The molecule has 0 aromatic heterocycles. The molecule has 2 atom stereocenters. The Morgan fingerprint density at radius 3 is 1.85 bits per heavy atom. The molecule has 0 rings (SSSR count). The van der Waals surface area contributed by atoms with Crippen molar-refractivity contribution in [2.75, 3.05) is 13.2 Å². The largest absolute Gasteiger partial charge is 0.481 e. The van der Waals surface area contributed by atoms with Crippen LogP contribution in [0.15, 0.2) is 47.6 Å². The van der Waals surface area contributed by atoms with E-state index in [9.17, 15) is 18.9 Å². The molecule has 0 bridgehead atoms. The highest BCUT2D eigenvalue weighted by molar-refractivity contribution is 7.61. The molecule has 9 heteroatoms. The van der Waals surface area contributed by atoms with Crippen LogP contribution >= 0.6 is 15.6 Å². The molecule has 0 aromatic rings. The van der Waals surface area contributed by atoms with Gasteiger partial charge in [0.1, 0.15) is 0 Å². The fraction of sp³-hybridized carbons (Fsp3) is 0.556. The molecular formula is C18H32O7P2. The Morgan fingerprint density at radius 1 is 0.852 bits per heavy atom. The van der Waals surface area contributed by atoms with E-state index in [0.717, 1.165) is 31.3 Å². The Labute approximate surface area is 162 Å². The molecule has 156 valence electrons. The number of hydrogen-bond acceptors (Lipinski definition) is 5. The Bertz CT molecular complexity index is 646. The molecule has 27 heavy (non-hydrogen) atoms. The van der Waals surface area contributed by atoms with Crippen LogP contribution in [0.2, 0.25) is 0 Å². The third kappa shape index (κ3) is 15.9. The number of rotatable bonds is 14. The summed E-state index contributed by atoms with van der Waals surface area (Å²) in [4.78, 5) is 18.7. The third-order valence-electron chi connectivity index (χ3n) is 3.35. The van der Waals surface area contributed by atoms with Crippen molar-refractivity contribution in [3.05, 3.63) is 47.6 Å². The second-order valence-electron chi connectivity index (χ2n) is 6.36. The molecule has 0 amide bonds. The standard InChI is InChI=1S/C18H32O7P2/c1-6-14-23-26(19,20)25-27(21,22)24-15-13-18(5)12-8-11-17(4)10-7-9-16(2)3/h6,9,11,13H,1,7-8,10,12,14-15H2,2-5H3,(H,19,20)(H,21,22). The minimum atomic E-state index is -4.71. The van der Waals surface area contributed by atoms with Crippen LogP contribution < -0.4 is 0 Å². The lowest BCUT2D eigenvalue weighted by molar-refractivity contribution is 0.170. The van der Waals surface area contributed by atoms with E-state index in [1.165, 1.54) is 17.2 Å². The first-order valence-corrected chi connectivity index (χ1v) is 11.7. The molecule has 0 aliphatic carbocycles. The zero-order chi connectivity index (χ0) is 20.9. The Balaban J connectivity index is 4.30. The van der Waals surface area contributed by atoms with E-state index in [4.69, 9.17) is 0 Å². The molecule has 0 saturated carbocycles. The molecule has 0 aromatic carbocycles. The average Bonchev–Trinajstić information content (AvgIpc) is 2.51. The second-order valence-corrected chi connectivity index (χ2v) is 9.40. The predicted octanol–water partition coefficient (Wildman–Crippen LogP) is 5.84. The summed E-state index contributed by atoms with van der Waals surface area (Å²) in [5, 5.41) is 0. The van der Waals surface area contributed by atoms with E-state index in [1.54, 1.807) is 6.08 Å². The van der Waals surface area contributed by atoms with E-state index in [2.05, 4.69) is 52.9 Å². The van der Waals surface area contributed by atoms with Crippen LogP contribution in [0.3, 0.4) is 0 Å². The van der Waals surface area contributed by atoms with Gasteiger partial charge in [0.2, 0.25) is 0 Å². The SMILES string of the molecule is C=CCOP(=O)(O)OP(=O)(O)OCC=C(C)CCC=C(C)CCC=C(C)C. The fourth-order valence-electron chi connectivity index (χ4n) is 1.94. The third-order valence-corrected chi connectivity index (χ3v) is 5.96. The highest BCUT2D eigenvalue weighted by atomic mass is 31.3. The Kier molecular flexibility index (Phi) is 13.0. The van der Waals surface area contributed by atoms with Gasteiger partial charge in [-0.3, -0.25) is 9.05 Å². The molecule has 7 nitrogen and oxygen atoms in total. The summed E-state index contributed by atoms with van der Waals surface area (Å²) in [5.74, 6) is 0. The summed E-state index contributed by atoms with van der Waals surface area (Å²) in [6.07, 6.45) is 10.9. The van der Waals surface area contributed by atoms with E-state index in [-0.39, 0.29) is 13.2 Å². The Morgan fingerprint density at radius 2 is 1.33 bits per heavy atom. The topological polar surface area (TPSA) is 102 Å². The van der Waals surface area contributed by atoms with Crippen molar-refractivity contribution in [3.63, 3.8) is 0 Å². The zero-order valence-electron chi connectivity index (χ0n) is 16.6. The maximum Gasteiger partial charge on any atom is 0.481 e. The van der Waals surface area contributed by atoms with E-state index in [1.807, 2.05) is 6.92 Å². The zero-order valence-corrected chi connectivity index (χ0v) is 18.4. The van der Waals surface area contributed by atoms with Crippen molar-refractivity contribution < 1.29 is 32.3 Å². The molecule has 2 N–H and O–H groups in total. The van der Waals surface area contributed by atoms with Gasteiger partial charge in [-0.2, -0.15) is 4.31 Å². The van der Waals surface area contributed by atoms with Gasteiger partial charge in [-0.05, 0) is 53.4 Å². The van der Waals surface area contributed by atoms with Crippen molar-refractivity contribution in [1.82, 2.24) is 0 Å². The van der Waals surface area contributed by atoms with Gasteiger partial charge < -0.3 is 9.79 Å². The summed E-state index contributed by atoms with van der Waals surface area (Å²) < 4.78 is 36.3. The van der Waals surface area contributed by atoms with Gasteiger partial charge in [-0.15, -0.1) is 6.58 Å². The van der Waals surface area contributed by atoms with Crippen molar-refractivity contribution in [2.45, 2.75) is 53.4 Å². The molecule has 0 heterocycles. The van der Waals surface area contributed by atoms with Gasteiger partial charge >= 0.3 is 15.6 Å². The summed E-state index contributed by atoms with van der Waals surface area (Å²) in [6.45, 7) is 10.9. The maximum absolute atomic E-state index is 11.7. The highest BCUT2D eigenvalue weighted by Crippen LogP contribution is 2.60. The van der Waals surface area contributed by atoms with Crippen LogP contribution in [0, 0.1) is 0 Å². The summed E-state index contributed by atoms with van der Waals surface area (Å²) >= 11 is 0. The van der Waals surface area contributed by atoms with Gasteiger partial charge in [-0.25, -0.2) is 9.13 Å². The van der Waals surface area contributed by atoms with Gasteiger partial charge in [-0.1, -0.05) is 41.0 Å². The van der Waals surface area contributed by atoms with E-state index >= 15 is 0 Å². The van der Waals surface area contributed by atoms with Gasteiger partial charge in [0.05, 0.1) is 13.2 Å². The molecule has 0 radical (unpaired) electrons. The van der Waals surface area contributed by atoms with Gasteiger partial charge in [0, 0.05) is 0 Å². The summed E-state index contributed by atoms with van der Waals surface area (Å²) in [5.41, 5.74) is 3.61. The number of allylic oxidation sites excluding steroid dienone is 5. The molecule has 0 aliphatic heterocycles. The maximum atomic E-state index is 11.7. The van der Waals surface area contributed by atoms with Crippen LogP contribution in [0.5, 0.6) is 0 Å². The number of phosphoric acid groups is 2. The van der Waals surface area contributed by atoms with Crippen molar-refractivity contribution in [2.24, 2.45) is 0 Å². The minimum absolute atomic E-state index is 0.218. The van der Waals surface area contributed by atoms with Gasteiger partial charge in [0.15, 0.2) is 0 Å². The summed E-state index contributed by atoms with van der Waals surface area (Å²) in [6, 6.07) is 0. The highest BCUT2D eigenvalue weighted by Gasteiger charge is 2.34. The predicted molar refractivity (Wildman–Crippen MR) is 108 cm³/mol. The van der Waals surface area contributed by atoms with Crippen molar-refractivity contribution in [1.29, 1.82) is 0 Å². The van der Waals surface area contributed by atoms with Crippen LogP contribution in [0.4, 0.5) is 0 Å². The molecule has 0 aliphatic rings. The summed E-state index contributed by atoms with van der Waals surface area (Å²) in [7, 11) is -9.39. The average molecular weight is 422 g/mol. The molecule has 2 unspecified atom stereocenters. The van der Waals surface area contributed by atoms with Crippen LogP contribution in [0.25, 0.3) is 0 Å². The number of hydrogen-bond donors (Lipinski definition) is 2. The van der Waals surface area contributed by atoms with Crippen LogP contribution in [-0.4, -0.2) is 23.0 Å². The van der Waals surface area contributed by atoms with Crippen LogP contribution in [-0.2, 0) is 22.5 Å². The minimum Gasteiger partial charge on any atom is -0.302 e. The lowest BCUT2D eigenvalue weighted by atomic mass is 10.1. The normalized spacial score (nSPS) is 17.1. The lowest BCUT2D eigenvalue weighted by Gasteiger charge is -2.14. The fourth-order valence-corrected chi connectivity index (χ4v) is 3.91. The Hall–Kier alpha value is -0.780. The molecular weight excluding hydrogens is 390 g/mol. The molecule has 0 fully saturated rings. The lowest BCUT2D eigenvalue weighted by Crippen LogP contribution is -1.98. The van der Waals surface area contributed by atoms with Crippen molar-refractivity contribution >= 4 is 15.6 Å². The number of phosphoric ester groups is 2. The quantitative estimate of drug-likeness (QED) is 0.268. The first kappa shape index (κ1) is 26.2. The van der Waals surface area contributed by atoms with Crippen molar-refractivity contribution in [3.8, 4) is 0 Å². The first-order chi connectivity index (χ1) is 12.5. The van der Waals surface area contributed by atoms with Crippen LogP contribution in [0.1, 0.15) is 53.4 Å². The monoisotopic (exact) mass is 422 g/mol. The molecule has 0 spiro atoms. The molecule has 0 saturated heterocycles. The smallest absolute Gasteiger partial charge is 0.302 e. The van der Waals surface area contributed by atoms with E-state index < -0.39 is 15.6 Å². The van der Waals surface area contributed by atoms with E-state index in [0.29, 0.717) is 0 Å². The van der Waals surface area contributed by atoms with Gasteiger partial charge in [0.25, 0.3) is 0 Å². The first-order valence-electron chi connectivity index (χ1n) is 8.69.